The summed E-state index contributed by atoms with van der Waals surface area (Å²) < 4.78 is 0.929. The number of phenols is 1. The van der Waals surface area contributed by atoms with E-state index in [4.69, 9.17) is 0 Å². The van der Waals surface area contributed by atoms with E-state index in [0.717, 1.165) is 41.3 Å². The van der Waals surface area contributed by atoms with Crippen LogP contribution >= 0.6 is 15.9 Å². The average Bonchev–Trinajstić information content (AvgIpc) is 3.29. The van der Waals surface area contributed by atoms with Crippen molar-refractivity contribution in [3.8, 4) is 5.75 Å². The minimum Gasteiger partial charge on any atom is -0.508 e. The normalized spacial score (nSPS) is 21.1. The molecule has 0 unspecified atom stereocenters. The standard InChI is InChI=1S/C31H38BrN5O4/c1-2-15-35(31(41)33-18-23-7-4-3-5-8-23)36-21-29(39)37-27(17-22-11-13-26(38)14-12-22)30(40)34(20-28(36)37)19-24-9-6-10-25(32)16-24/h6-7,9-14,16,27-28,38H,2-5,8,15,17-21H2,1H3,(H,33,41)/t27-,28+/m0/s1. The van der Waals surface area contributed by atoms with E-state index in [9.17, 15) is 19.5 Å². The third-order valence-corrected chi connectivity index (χ3v) is 8.52. The Labute approximate surface area is 249 Å². The molecule has 2 heterocycles. The molecule has 4 amide bonds. The molecular weight excluding hydrogens is 586 g/mol. The number of urea groups is 1. The highest BCUT2D eigenvalue weighted by atomic mass is 79.9. The van der Waals surface area contributed by atoms with Gasteiger partial charge in [0.25, 0.3) is 0 Å². The SMILES string of the molecule is CCCN(C(=O)NCC1=CCCCC1)N1CC(=O)N2[C@@H](Cc3ccc(O)cc3)C(=O)N(Cc3cccc(Br)c3)C[C@@H]21. The molecule has 41 heavy (non-hydrogen) atoms. The monoisotopic (exact) mass is 623 g/mol. The molecule has 0 saturated carbocycles. The van der Waals surface area contributed by atoms with Crippen molar-refractivity contribution in [2.24, 2.45) is 0 Å². The molecule has 2 atom stereocenters. The molecule has 0 spiro atoms. The number of hydrogen-bond donors (Lipinski definition) is 2. The number of halogens is 1. The topological polar surface area (TPSA) is 96.4 Å². The number of allylic oxidation sites excluding steroid dienone is 1. The molecule has 5 rings (SSSR count). The molecule has 2 aliphatic heterocycles. The summed E-state index contributed by atoms with van der Waals surface area (Å²) >= 11 is 3.52. The lowest BCUT2D eigenvalue weighted by Gasteiger charge is -2.46. The van der Waals surface area contributed by atoms with E-state index >= 15 is 0 Å². The third-order valence-electron chi connectivity index (χ3n) is 8.03. The van der Waals surface area contributed by atoms with Crippen molar-refractivity contribution in [1.29, 1.82) is 0 Å². The van der Waals surface area contributed by atoms with Gasteiger partial charge in [0.05, 0.1) is 13.1 Å². The maximum atomic E-state index is 13.9. The van der Waals surface area contributed by atoms with E-state index in [1.807, 2.05) is 36.2 Å². The number of fused-ring (bicyclic) bond motifs is 1. The van der Waals surface area contributed by atoms with Gasteiger partial charge >= 0.3 is 6.03 Å². The summed E-state index contributed by atoms with van der Waals surface area (Å²) in [7, 11) is 0. The number of carbonyl (C=O) groups excluding carboxylic acids is 3. The Kier molecular flexibility index (Phi) is 9.29. The van der Waals surface area contributed by atoms with Crippen LogP contribution in [-0.4, -0.2) is 81.2 Å². The lowest BCUT2D eigenvalue weighted by Crippen LogP contribution is -2.66. The minimum atomic E-state index is -0.720. The van der Waals surface area contributed by atoms with Gasteiger partial charge in [0.1, 0.15) is 18.0 Å². The Bertz CT molecular complexity index is 1300. The quantitative estimate of drug-likeness (QED) is 0.403. The maximum Gasteiger partial charge on any atom is 0.332 e. The van der Waals surface area contributed by atoms with Crippen LogP contribution in [0.2, 0.25) is 0 Å². The highest BCUT2D eigenvalue weighted by Gasteiger charge is 2.52. The summed E-state index contributed by atoms with van der Waals surface area (Å²) in [6, 6.07) is 13.6. The van der Waals surface area contributed by atoms with Gasteiger partial charge in [-0.25, -0.2) is 4.79 Å². The second-order valence-corrected chi connectivity index (χ2v) is 11.9. The van der Waals surface area contributed by atoms with E-state index in [0.29, 0.717) is 32.6 Å². The Balaban J connectivity index is 1.42. The number of aromatic hydroxyl groups is 1. The molecule has 2 saturated heterocycles. The third kappa shape index (κ3) is 6.76. The Morgan fingerprint density at radius 3 is 2.63 bits per heavy atom. The smallest absolute Gasteiger partial charge is 0.332 e. The zero-order valence-electron chi connectivity index (χ0n) is 23.5. The summed E-state index contributed by atoms with van der Waals surface area (Å²) in [6.45, 7) is 3.70. The molecule has 0 bridgehead atoms. The number of benzene rings is 2. The number of phenolic OH excluding ortho intramolecular Hbond substituents is 1. The van der Waals surface area contributed by atoms with Crippen molar-refractivity contribution < 1.29 is 19.5 Å². The first kappa shape index (κ1) is 29.1. The van der Waals surface area contributed by atoms with Crippen LogP contribution in [0.15, 0.2) is 64.7 Å². The fourth-order valence-electron chi connectivity index (χ4n) is 6.01. The van der Waals surface area contributed by atoms with Crippen LogP contribution in [0.4, 0.5) is 4.79 Å². The number of rotatable bonds is 9. The highest BCUT2D eigenvalue weighted by molar-refractivity contribution is 9.10. The van der Waals surface area contributed by atoms with Crippen molar-refractivity contribution in [3.05, 3.63) is 75.8 Å². The van der Waals surface area contributed by atoms with Gasteiger partial charge < -0.3 is 20.2 Å². The van der Waals surface area contributed by atoms with Crippen LogP contribution in [0.3, 0.4) is 0 Å². The van der Waals surface area contributed by atoms with Crippen LogP contribution < -0.4 is 5.32 Å². The highest BCUT2D eigenvalue weighted by Crippen LogP contribution is 2.31. The molecule has 9 nitrogen and oxygen atoms in total. The van der Waals surface area contributed by atoms with Gasteiger partial charge in [-0.3, -0.25) is 14.6 Å². The summed E-state index contributed by atoms with van der Waals surface area (Å²) in [5.41, 5.74) is 3.07. The van der Waals surface area contributed by atoms with E-state index in [-0.39, 0.29) is 30.1 Å². The molecule has 2 aromatic rings. The van der Waals surface area contributed by atoms with E-state index in [2.05, 4.69) is 27.3 Å². The fourth-order valence-corrected chi connectivity index (χ4v) is 6.45. The van der Waals surface area contributed by atoms with E-state index in [1.54, 1.807) is 39.1 Å². The molecule has 2 aromatic carbocycles. The molecule has 218 valence electrons. The molecular formula is C31H38BrN5O4. The summed E-state index contributed by atoms with van der Waals surface area (Å²) in [4.78, 5) is 44.5. The predicted molar refractivity (Wildman–Crippen MR) is 159 cm³/mol. The van der Waals surface area contributed by atoms with Gasteiger partial charge in [-0.15, -0.1) is 0 Å². The predicted octanol–water partition coefficient (Wildman–Crippen LogP) is 4.42. The lowest BCUT2D eigenvalue weighted by molar-refractivity contribution is -0.157. The molecule has 2 N–H and O–H groups in total. The van der Waals surface area contributed by atoms with Crippen molar-refractivity contribution in [2.45, 2.75) is 64.2 Å². The first-order valence-corrected chi connectivity index (χ1v) is 15.3. The van der Waals surface area contributed by atoms with Crippen molar-refractivity contribution >= 4 is 33.8 Å². The van der Waals surface area contributed by atoms with Gasteiger partial charge in [0.15, 0.2) is 0 Å². The fraction of sp³-hybridized carbons (Fsp3) is 0.452. The number of nitrogens with one attached hydrogen (secondary N) is 1. The molecule has 1 aliphatic carbocycles. The maximum absolute atomic E-state index is 13.9. The van der Waals surface area contributed by atoms with Gasteiger partial charge in [-0.2, -0.15) is 5.01 Å². The number of hydrazine groups is 1. The van der Waals surface area contributed by atoms with Crippen LogP contribution in [0, 0.1) is 0 Å². The number of hydrogen-bond acceptors (Lipinski definition) is 5. The molecule has 3 aliphatic rings. The van der Waals surface area contributed by atoms with Crippen LogP contribution in [0.25, 0.3) is 0 Å². The van der Waals surface area contributed by atoms with Crippen LogP contribution in [0.1, 0.15) is 50.2 Å². The first-order chi connectivity index (χ1) is 19.8. The second-order valence-electron chi connectivity index (χ2n) is 11.0. The summed E-state index contributed by atoms with van der Waals surface area (Å²) in [6.07, 6.45) is 7.17. The largest absolute Gasteiger partial charge is 0.508 e. The zero-order chi connectivity index (χ0) is 28.9. The Morgan fingerprint density at radius 1 is 1.12 bits per heavy atom. The zero-order valence-corrected chi connectivity index (χ0v) is 25.1. The molecule has 10 heteroatoms. The van der Waals surface area contributed by atoms with Gasteiger partial charge in [0.2, 0.25) is 11.8 Å². The van der Waals surface area contributed by atoms with Crippen molar-refractivity contribution in [1.82, 2.24) is 25.1 Å². The summed E-state index contributed by atoms with van der Waals surface area (Å²) in [5, 5.41) is 16.4. The minimum absolute atomic E-state index is 0.0326. The van der Waals surface area contributed by atoms with Crippen LogP contribution in [0.5, 0.6) is 5.75 Å². The first-order valence-electron chi connectivity index (χ1n) is 14.5. The molecule has 0 aromatic heterocycles. The van der Waals surface area contributed by atoms with E-state index < -0.39 is 12.2 Å². The summed E-state index contributed by atoms with van der Waals surface area (Å²) in [5.74, 6) is -0.148. The lowest BCUT2D eigenvalue weighted by atomic mass is 10.00. The van der Waals surface area contributed by atoms with Crippen molar-refractivity contribution in [3.63, 3.8) is 0 Å². The van der Waals surface area contributed by atoms with Crippen molar-refractivity contribution in [2.75, 3.05) is 26.2 Å². The number of carbonyl (C=O) groups is 3. The van der Waals surface area contributed by atoms with Gasteiger partial charge in [0, 0.05) is 30.5 Å². The Hall–Kier alpha value is -3.37. The second kappa shape index (κ2) is 13.1. The number of nitrogens with zero attached hydrogens (tertiary/aromatic N) is 4. The molecule has 0 radical (unpaired) electrons. The van der Waals surface area contributed by atoms with Crippen LogP contribution in [-0.2, 0) is 22.6 Å². The Morgan fingerprint density at radius 2 is 1.93 bits per heavy atom. The van der Waals surface area contributed by atoms with Gasteiger partial charge in [-0.05, 0) is 67.5 Å². The van der Waals surface area contributed by atoms with E-state index in [1.165, 1.54) is 12.0 Å². The number of piperazine rings is 1. The number of amides is 4. The average molecular weight is 625 g/mol. The molecule has 2 fully saturated rings. The van der Waals surface area contributed by atoms with Gasteiger partial charge in [-0.1, -0.05) is 58.8 Å².